The highest BCUT2D eigenvalue weighted by Gasteiger charge is 2.19. The minimum absolute atomic E-state index is 0.214. The molecule has 0 fully saturated rings. The van der Waals surface area contributed by atoms with E-state index < -0.39 is 0 Å². The number of rotatable bonds is 9. The van der Waals surface area contributed by atoms with Crippen LogP contribution in [0.3, 0.4) is 0 Å². The summed E-state index contributed by atoms with van der Waals surface area (Å²) in [5.41, 5.74) is 1.78. The van der Waals surface area contributed by atoms with Gasteiger partial charge in [0.25, 0.3) is 11.5 Å². The van der Waals surface area contributed by atoms with E-state index in [1.165, 1.54) is 0 Å². The molecule has 158 valence electrons. The Bertz CT molecular complexity index is 902. The van der Waals surface area contributed by atoms with Crippen molar-refractivity contribution in [3.63, 3.8) is 0 Å². The van der Waals surface area contributed by atoms with Gasteiger partial charge in [-0.15, -0.1) is 0 Å². The number of ether oxygens (including phenoxy) is 2. The first-order valence-electron chi connectivity index (χ1n) is 9.94. The van der Waals surface area contributed by atoms with E-state index in [4.69, 9.17) is 9.47 Å². The van der Waals surface area contributed by atoms with Crippen LogP contribution in [0.15, 0.2) is 35.3 Å². The first-order valence-corrected chi connectivity index (χ1v) is 9.94. The number of hydrogen-bond acceptors (Lipinski definition) is 4. The van der Waals surface area contributed by atoms with Gasteiger partial charge < -0.3 is 18.9 Å². The van der Waals surface area contributed by atoms with Crippen LogP contribution >= 0.6 is 0 Å². The Hall–Kier alpha value is -2.76. The smallest absolute Gasteiger partial charge is 0.263 e. The average Bonchev–Trinajstić information content (AvgIpc) is 2.70. The van der Waals surface area contributed by atoms with E-state index in [9.17, 15) is 9.59 Å². The predicted molar refractivity (Wildman–Crippen MR) is 115 cm³/mol. The van der Waals surface area contributed by atoms with Crippen molar-refractivity contribution in [2.45, 2.75) is 40.2 Å². The van der Waals surface area contributed by atoms with Gasteiger partial charge in [0.1, 0.15) is 5.56 Å². The number of aryl methyl sites for hydroxylation is 2. The van der Waals surface area contributed by atoms with E-state index in [1.54, 1.807) is 36.9 Å². The lowest BCUT2D eigenvalue weighted by atomic mass is 10.1. The standard InChI is InChI=1S/C23H32N2O4/c1-16(2)9-13-25-14-10-17(3)21(23(25)27)22(26)24(4)12-11-18-7-8-19(28-5)20(15-18)29-6/h7-8,10,14-16H,9,11-13H2,1-6H3. The molecular formula is C23H32N2O4. The van der Waals surface area contributed by atoms with Crippen LogP contribution < -0.4 is 15.0 Å². The van der Waals surface area contributed by atoms with Gasteiger partial charge >= 0.3 is 0 Å². The summed E-state index contributed by atoms with van der Waals surface area (Å²) in [6.45, 7) is 7.16. The number of benzene rings is 1. The molecule has 6 nitrogen and oxygen atoms in total. The molecule has 6 heteroatoms. The van der Waals surface area contributed by atoms with E-state index in [2.05, 4.69) is 13.8 Å². The maximum atomic E-state index is 13.0. The lowest BCUT2D eigenvalue weighted by molar-refractivity contribution is 0.0793. The highest BCUT2D eigenvalue weighted by atomic mass is 16.5. The van der Waals surface area contributed by atoms with Crippen LogP contribution in [0.1, 0.15) is 41.8 Å². The molecule has 0 unspecified atom stereocenters. The van der Waals surface area contributed by atoms with Gasteiger partial charge in [0.2, 0.25) is 0 Å². The number of pyridine rings is 1. The summed E-state index contributed by atoms with van der Waals surface area (Å²) in [6, 6.07) is 7.55. The second-order valence-corrected chi connectivity index (χ2v) is 7.72. The monoisotopic (exact) mass is 400 g/mol. The molecule has 1 aromatic heterocycles. The molecule has 1 amide bonds. The van der Waals surface area contributed by atoms with Gasteiger partial charge in [0.15, 0.2) is 11.5 Å². The highest BCUT2D eigenvalue weighted by molar-refractivity contribution is 5.95. The van der Waals surface area contributed by atoms with Crippen LogP contribution in [0.5, 0.6) is 11.5 Å². The van der Waals surface area contributed by atoms with E-state index >= 15 is 0 Å². The largest absolute Gasteiger partial charge is 0.493 e. The first-order chi connectivity index (χ1) is 13.8. The zero-order chi connectivity index (χ0) is 21.6. The van der Waals surface area contributed by atoms with E-state index in [0.29, 0.717) is 42.5 Å². The Labute approximate surface area is 173 Å². The van der Waals surface area contributed by atoms with Crippen molar-refractivity contribution in [3.8, 4) is 11.5 Å². The fraction of sp³-hybridized carbons (Fsp3) is 0.478. The average molecular weight is 401 g/mol. The summed E-state index contributed by atoms with van der Waals surface area (Å²) in [4.78, 5) is 27.5. The second-order valence-electron chi connectivity index (χ2n) is 7.72. The molecule has 0 N–H and O–H groups in total. The zero-order valence-corrected chi connectivity index (χ0v) is 18.3. The number of nitrogens with zero attached hydrogens (tertiary/aromatic N) is 2. The third-order valence-electron chi connectivity index (χ3n) is 5.07. The Morgan fingerprint density at radius 2 is 1.83 bits per heavy atom. The topological polar surface area (TPSA) is 60.8 Å². The molecule has 0 aliphatic rings. The molecule has 0 bridgehead atoms. The van der Waals surface area contributed by atoms with Crippen LogP contribution in [0.4, 0.5) is 0 Å². The fourth-order valence-corrected chi connectivity index (χ4v) is 3.12. The summed E-state index contributed by atoms with van der Waals surface area (Å²) in [5.74, 6) is 1.58. The zero-order valence-electron chi connectivity index (χ0n) is 18.3. The Morgan fingerprint density at radius 1 is 1.14 bits per heavy atom. The number of carbonyl (C=O) groups excluding carboxylic acids is 1. The quantitative estimate of drug-likeness (QED) is 0.646. The predicted octanol–water partition coefficient (Wildman–Crippen LogP) is 3.53. The number of carbonyl (C=O) groups is 1. The van der Waals surface area contributed by atoms with Gasteiger partial charge in [-0.3, -0.25) is 9.59 Å². The second kappa shape index (κ2) is 10.1. The van der Waals surface area contributed by atoms with Crippen LogP contribution in [0.2, 0.25) is 0 Å². The number of aromatic nitrogens is 1. The summed E-state index contributed by atoms with van der Waals surface area (Å²) in [6.07, 6.45) is 3.32. The van der Waals surface area contributed by atoms with Crippen LogP contribution in [-0.2, 0) is 13.0 Å². The lowest BCUT2D eigenvalue weighted by Gasteiger charge is -2.19. The third-order valence-corrected chi connectivity index (χ3v) is 5.07. The molecule has 0 aliphatic carbocycles. The van der Waals surface area contributed by atoms with E-state index in [-0.39, 0.29) is 17.0 Å². The van der Waals surface area contributed by atoms with Crippen molar-refractivity contribution in [2.24, 2.45) is 5.92 Å². The van der Waals surface area contributed by atoms with Gasteiger partial charge in [-0.05, 0) is 55.0 Å². The van der Waals surface area contributed by atoms with E-state index in [1.807, 2.05) is 31.2 Å². The van der Waals surface area contributed by atoms with Crippen molar-refractivity contribution in [2.75, 3.05) is 27.8 Å². The van der Waals surface area contributed by atoms with Crippen molar-refractivity contribution in [1.82, 2.24) is 9.47 Å². The molecule has 0 radical (unpaired) electrons. The minimum Gasteiger partial charge on any atom is -0.493 e. The molecule has 2 aromatic rings. The van der Waals surface area contributed by atoms with Crippen LogP contribution in [0, 0.1) is 12.8 Å². The summed E-state index contributed by atoms with van der Waals surface area (Å²) < 4.78 is 12.2. The molecule has 0 atom stereocenters. The third kappa shape index (κ3) is 5.62. The normalized spacial score (nSPS) is 10.9. The number of methoxy groups -OCH3 is 2. The maximum Gasteiger partial charge on any atom is 0.263 e. The molecule has 0 aliphatic heterocycles. The molecule has 0 saturated carbocycles. The Kier molecular flexibility index (Phi) is 7.88. The first kappa shape index (κ1) is 22.5. The van der Waals surface area contributed by atoms with Crippen molar-refractivity contribution < 1.29 is 14.3 Å². The van der Waals surface area contributed by atoms with Crippen LogP contribution in [-0.4, -0.2) is 43.2 Å². The minimum atomic E-state index is -0.244. The van der Waals surface area contributed by atoms with Gasteiger partial charge in [0.05, 0.1) is 14.2 Å². The highest BCUT2D eigenvalue weighted by Crippen LogP contribution is 2.27. The van der Waals surface area contributed by atoms with Crippen molar-refractivity contribution in [3.05, 3.63) is 57.5 Å². The van der Waals surface area contributed by atoms with Crippen molar-refractivity contribution >= 4 is 5.91 Å². The van der Waals surface area contributed by atoms with Crippen LogP contribution in [0.25, 0.3) is 0 Å². The SMILES string of the molecule is COc1ccc(CCN(C)C(=O)c2c(C)ccn(CCC(C)C)c2=O)cc1OC. The summed E-state index contributed by atoms with van der Waals surface area (Å²) in [5, 5.41) is 0. The summed E-state index contributed by atoms with van der Waals surface area (Å²) >= 11 is 0. The molecule has 1 heterocycles. The summed E-state index contributed by atoms with van der Waals surface area (Å²) in [7, 11) is 4.92. The van der Waals surface area contributed by atoms with Gasteiger partial charge in [-0.25, -0.2) is 0 Å². The fourth-order valence-electron chi connectivity index (χ4n) is 3.12. The van der Waals surface area contributed by atoms with E-state index in [0.717, 1.165) is 12.0 Å². The van der Waals surface area contributed by atoms with Crippen molar-refractivity contribution in [1.29, 1.82) is 0 Å². The Morgan fingerprint density at radius 3 is 2.45 bits per heavy atom. The lowest BCUT2D eigenvalue weighted by Crippen LogP contribution is -2.36. The molecule has 29 heavy (non-hydrogen) atoms. The number of amides is 1. The van der Waals surface area contributed by atoms with Gasteiger partial charge in [0, 0.05) is 26.3 Å². The molecule has 1 aromatic carbocycles. The number of hydrogen-bond donors (Lipinski definition) is 0. The Balaban J connectivity index is 2.14. The van der Waals surface area contributed by atoms with Gasteiger partial charge in [-0.2, -0.15) is 0 Å². The molecular weight excluding hydrogens is 368 g/mol. The maximum absolute atomic E-state index is 13.0. The molecule has 0 saturated heterocycles. The molecule has 2 rings (SSSR count). The molecule has 0 spiro atoms. The number of likely N-dealkylation sites (N-methyl/N-ethyl adjacent to an activating group) is 1. The van der Waals surface area contributed by atoms with Gasteiger partial charge in [-0.1, -0.05) is 19.9 Å².